The van der Waals surface area contributed by atoms with Crippen LogP contribution >= 0.6 is 0 Å². The van der Waals surface area contributed by atoms with E-state index in [0.717, 1.165) is 24.4 Å². The van der Waals surface area contributed by atoms with Crippen molar-refractivity contribution in [2.75, 3.05) is 6.61 Å². The van der Waals surface area contributed by atoms with Crippen LogP contribution in [0.4, 0.5) is 4.39 Å². The lowest BCUT2D eigenvalue weighted by molar-refractivity contribution is 0.158. The maximum absolute atomic E-state index is 12.9. The van der Waals surface area contributed by atoms with Gasteiger partial charge >= 0.3 is 0 Å². The Morgan fingerprint density at radius 2 is 2.29 bits per heavy atom. The predicted octanol–water partition coefficient (Wildman–Crippen LogP) is 3.62. The fourth-order valence-electron chi connectivity index (χ4n) is 1.52. The van der Waals surface area contributed by atoms with E-state index < -0.39 is 6.17 Å². The summed E-state index contributed by atoms with van der Waals surface area (Å²) in [6.45, 7) is 8.31. The van der Waals surface area contributed by atoms with Crippen molar-refractivity contribution in [3.05, 3.63) is 23.0 Å². The average Bonchev–Trinajstić information content (AvgIpc) is 2.09. The third-order valence-corrected chi connectivity index (χ3v) is 2.58. The standard InChI is InChI=1S/C12H19FO/c1-8-5-10(3)12(14-7-8)6-9(2)11(4)13/h6,8,11H,5,7H2,1-4H3/b9-6-. The summed E-state index contributed by atoms with van der Waals surface area (Å²) in [6, 6.07) is 0. The molecule has 0 aromatic carbocycles. The maximum Gasteiger partial charge on any atom is 0.119 e. The highest BCUT2D eigenvalue weighted by Gasteiger charge is 2.15. The largest absolute Gasteiger partial charge is 0.493 e. The molecule has 1 nitrogen and oxygen atoms in total. The van der Waals surface area contributed by atoms with E-state index in [0.29, 0.717) is 5.92 Å². The van der Waals surface area contributed by atoms with Crippen molar-refractivity contribution in [1.29, 1.82) is 0 Å². The summed E-state index contributed by atoms with van der Waals surface area (Å²) in [7, 11) is 0. The molecule has 0 bridgehead atoms. The van der Waals surface area contributed by atoms with Gasteiger partial charge in [0.05, 0.1) is 6.61 Å². The smallest absolute Gasteiger partial charge is 0.119 e. The van der Waals surface area contributed by atoms with E-state index in [2.05, 4.69) is 13.8 Å². The number of hydrogen-bond donors (Lipinski definition) is 0. The Morgan fingerprint density at radius 3 is 2.79 bits per heavy atom. The summed E-state index contributed by atoms with van der Waals surface area (Å²) in [4.78, 5) is 0. The van der Waals surface area contributed by atoms with Gasteiger partial charge in [-0.3, -0.25) is 0 Å². The highest BCUT2D eigenvalue weighted by molar-refractivity contribution is 5.25. The first-order valence-corrected chi connectivity index (χ1v) is 5.15. The van der Waals surface area contributed by atoms with Gasteiger partial charge in [0.1, 0.15) is 11.9 Å². The highest BCUT2D eigenvalue weighted by atomic mass is 19.1. The van der Waals surface area contributed by atoms with Crippen LogP contribution in [0.3, 0.4) is 0 Å². The van der Waals surface area contributed by atoms with Crippen LogP contribution in [0.5, 0.6) is 0 Å². The molecule has 0 saturated carbocycles. The minimum Gasteiger partial charge on any atom is -0.493 e. The van der Waals surface area contributed by atoms with Crippen LogP contribution in [0.2, 0.25) is 0 Å². The first-order valence-electron chi connectivity index (χ1n) is 5.15. The average molecular weight is 198 g/mol. The molecule has 14 heavy (non-hydrogen) atoms. The molecular formula is C12H19FO. The summed E-state index contributed by atoms with van der Waals surface area (Å²) in [5, 5.41) is 0. The molecule has 1 aliphatic heterocycles. The van der Waals surface area contributed by atoms with Gasteiger partial charge in [-0.15, -0.1) is 0 Å². The predicted molar refractivity (Wildman–Crippen MR) is 56.8 cm³/mol. The third-order valence-electron chi connectivity index (χ3n) is 2.58. The molecule has 1 rings (SSSR count). The van der Waals surface area contributed by atoms with Gasteiger partial charge in [-0.25, -0.2) is 4.39 Å². The zero-order valence-electron chi connectivity index (χ0n) is 9.43. The number of ether oxygens (including phenoxy) is 1. The van der Waals surface area contributed by atoms with Gasteiger partial charge in [0.2, 0.25) is 0 Å². The minimum atomic E-state index is -0.891. The van der Waals surface area contributed by atoms with Crippen LogP contribution in [-0.2, 0) is 4.74 Å². The van der Waals surface area contributed by atoms with Crippen LogP contribution in [0.1, 0.15) is 34.1 Å². The normalized spacial score (nSPS) is 26.1. The van der Waals surface area contributed by atoms with Gasteiger partial charge in [-0.1, -0.05) is 6.92 Å². The monoisotopic (exact) mass is 198 g/mol. The Morgan fingerprint density at radius 1 is 1.64 bits per heavy atom. The number of allylic oxidation sites excluding steroid dienone is 3. The van der Waals surface area contributed by atoms with E-state index in [1.54, 1.807) is 13.8 Å². The third kappa shape index (κ3) is 2.86. The molecule has 1 heterocycles. The van der Waals surface area contributed by atoms with Crippen molar-refractivity contribution in [3.8, 4) is 0 Å². The molecular weight excluding hydrogens is 179 g/mol. The van der Waals surface area contributed by atoms with E-state index in [4.69, 9.17) is 4.74 Å². The van der Waals surface area contributed by atoms with Crippen molar-refractivity contribution < 1.29 is 9.13 Å². The van der Waals surface area contributed by atoms with Crippen LogP contribution in [-0.4, -0.2) is 12.8 Å². The minimum absolute atomic E-state index is 0.579. The first kappa shape index (κ1) is 11.3. The van der Waals surface area contributed by atoms with Gasteiger partial charge in [-0.2, -0.15) is 0 Å². The number of hydrogen-bond acceptors (Lipinski definition) is 1. The molecule has 2 heteroatoms. The quantitative estimate of drug-likeness (QED) is 0.658. The lowest BCUT2D eigenvalue weighted by atomic mass is 9.98. The van der Waals surface area contributed by atoms with Gasteiger partial charge in [0, 0.05) is 0 Å². The van der Waals surface area contributed by atoms with Crippen LogP contribution in [0.15, 0.2) is 23.0 Å². The fraction of sp³-hybridized carbons (Fsp3) is 0.667. The topological polar surface area (TPSA) is 9.23 Å². The van der Waals surface area contributed by atoms with Crippen molar-refractivity contribution in [2.45, 2.75) is 40.3 Å². The van der Waals surface area contributed by atoms with Crippen molar-refractivity contribution in [3.63, 3.8) is 0 Å². The lowest BCUT2D eigenvalue weighted by Gasteiger charge is -2.22. The molecule has 0 N–H and O–H groups in total. The number of alkyl halides is 1. The van der Waals surface area contributed by atoms with Gasteiger partial charge in [0.25, 0.3) is 0 Å². The molecule has 0 aromatic heterocycles. The fourth-order valence-corrected chi connectivity index (χ4v) is 1.52. The number of halogens is 1. The molecule has 0 fully saturated rings. The summed E-state index contributed by atoms with van der Waals surface area (Å²) in [5.41, 5.74) is 1.96. The van der Waals surface area contributed by atoms with E-state index in [-0.39, 0.29) is 0 Å². The SMILES string of the molecule is CC1=C(/C=C(/C)C(C)F)OCC(C)C1. The second-order valence-electron chi connectivity index (χ2n) is 4.27. The molecule has 80 valence electrons. The molecule has 0 aliphatic carbocycles. The molecule has 0 spiro atoms. The Hall–Kier alpha value is -0.790. The van der Waals surface area contributed by atoms with Gasteiger partial charge in [0.15, 0.2) is 0 Å². The molecule has 0 saturated heterocycles. The van der Waals surface area contributed by atoms with E-state index in [9.17, 15) is 4.39 Å². The Balaban J connectivity index is 2.78. The van der Waals surface area contributed by atoms with Crippen molar-refractivity contribution in [1.82, 2.24) is 0 Å². The van der Waals surface area contributed by atoms with E-state index in [1.165, 1.54) is 5.57 Å². The molecule has 0 amide bonds. The first-order chi connectivity index (χ1) is 6.50. The maximum atomic E-state index is 12.9. The lowest BCUT2D eigenvalue weighted by Crippen LogP contribution is -2.13. The summed E-state index contributed by atoms with van der Waals surface area (Å²) < 4.78 is 18.5. The van der Waals surface area contributed by atoms with E-state index in [1.807, 2.05) is 6.08 Å². The zero-order chi connectivity index (χ0) is 10.7. The summed E-state index contributed by atoms with van der Waals surface area (Å²) >= 11 is 0. The van der Waals surface area contributed by atoms with E-state index >= 15 is 0 Å². The van der Waals surface area contributed by atoms with Gasteiger partial charge in [-0.05, 0) is 50.3 Å². The van der Waals surface area contributed by atoms with Crippen LogP contribution in [0, 0.1) is 5.92 Å². The van der Waals surface area contributed by atoms with Crippen molar-refractivity contribution in [2.24, 2.45) is 5.92 Å². The van der Waals surface area contributed by atoms with Crippen LogP contribution < -0.4 is 0 Å². The molecule has 1 aliphatic rings. The summed E-state index contributed by atoms with van der Waals surface area (Å²) in [5.74, 6) is 1.44. The molecule has 0 radical (unpaired) electrons. The summed E-state index contributed by atoms with van der Waals surface area (Å²) in [6.07, 6.45) is 1.99. The zero-order valence-corrected chi connectivity index (χ0v) is 9.43. The highest BCUT2D eigenvalue weighted by Crippen LogP contribution is 2.25. The molecule has 0 aromatic rings. The second-order valence-corrected chi connectivity index (χ2v) is 4.27. The molecule has 2 atom stereocenters. The number of rotatable bonds is 2. The van der Waals surface area contributed by atoms with Gasteiger partial charge < -0.3 is 4.74 Å². The Bertz CT molecular complexity index is 263. The Kier molecular flexibility index (Phi) is 3.73. The second kappa shape index (κ2) is 4.63. The molecule has 2 unspecified atom stereocenters. The van der Waals surface area contributed by atoms with Crippen molar-refractivity contribution >= 4 is 0 Å². The Labute approximate surface area is 85.6 Å². The van der Waals surface area contributed by atoms with Crippen LogP contribution in [0.25, 0.3) is 0 Å².